The van der Waals surface area contributed by atoms with E-state index in [1.807, 2.05) is 0 Å². The smallest absolute Gasteiger partial charge is 0.341 e. The molecule has 3 atom stereocenters. The van der Waals surface area contributed by atoms with Crippen molar-refractivity contribution in [1.82, 2.24) is 15.1 Å². The number of likely N-dealkylation sites (tertiary alicyclic amines) is 1. The summed E-state index contributed by atoms with van der Waals surface area (Å²) in [6.45, 7) is 2.76. The summed E-state index contributed by atoms with van der Waals surface area (Å²) < 4.78 is 38.2. The zero-order valence-corrected chi connectivity index (χ0v) is 17.2. The summed E-state index contributed by atoms with van der Waals surface area (Å²) in [6, 6.07) is 0. The van der Waals surface area contributed by atoms with Crippen molar-refractivity contribution < 1.29 is 22.8 Å². The number of carbonyl (C=O) groups is 2. The first-order valence-electron chi connectivity index (χ1n) is 10.1. The van der Waals surface area contributed by atoms with Crippen molar-refractivity contribution in [3.05, 3.63) is 0 Å². The van der Waals surface area contributed by atoms with Crippen LogP contribution < -0.4 is 5.32 Å². The van der Waals surface area contributed by atoms with Gasteiger partial charge in [-0.2, -0.15) is 13.2 Å². The van der Waals surface area contributed by atoms with E-state index in [4.69, 9.17) is 0 Å². The Labute approximate surface area is 170 Å². The zero-order valence-electron chi connectivity index (χ0n) is 16.4. The lowest BCUT2D eigenvalue weighted by Crippen LogP contribution is -2.54. The number of nitrogens with one attached hydrogen (secondary N) is 1. The van der Waals surface area contributed by atoms with Gasteiger partial charge < -0.3 is 15.1 Å². The number of carbonyl (C=O) groups excluding carboxylic acids is 2. The second-order valence-corrected chi connectivity index (χ2v) is 8.29. The molecule has 0 aromatic rings. The van der Waals surface area contributed by atoms with Crippen LogP contribution in [0.5, 0.6) is 0 Å². The van der Waals surface area contributed by atoms with Crippen molar-refractivity contribution in [3.8, 4) is 0 Å². The Bertz CT molecular complexity index is 575. The molecule has 2 amide bonds. The van der Waals surface area contributed by atoms with E-state index < -0.39 is 24.5 Å². The van der Waals surface area contributed by atoms with Crippen molar-refractivity contribution in [2.45, 2.75) is 51.6 Å². The van der Waals surface area contributed by atoms with Gasteiger partial charge in [0, 0.05) is 26.2 Å². The Kier molecular flexibility index (Phi) is 7.64. The van der Waals surface area contributed by atoms with Gasteiger partial charge in [-0.1, -0.05) is 12.8 Å². The highest BCUT2D eigenvalue weighted by atomic mass is 35.5. The lowest BCUT2D eigenvalue weighted by molar-refractivity contribution is -0.165. The van der Waals surface area contributed by atoms with Gasteiger partial charge in [0.1, 0.15) is 6.54 Å². The van der Waals surface area contributed by atoms with Crippen LogP contribution in [0.4, 0.5) is 13.2 Å². The highest BCUT2D eigenvalue weighted by Gasteiger charge is 2.52. The van der Waals surface area contributed by atoms with E-state index in [1.54, 1.807) is 11.8 Å². The molecule has 2 saturated heterocycles. The fraction of sp³-hybridized carbons (Fsp3) is 0.895. The van der Waals surface area contributed by atoms with Crippen molar-refractivity contribution in [1.29, 1.82) is 0 Å². The van der Waals surface area contributed by atoms with Crippen LogP contribution in [-0.2, 0) is 9.59 Å². The van der Waals surface area contributed by atoms with Gasteiger partial charge in [-0.3, -0.25) is 9.59 Å². The molecule has 3 aliphatic rings. The van der Waals surface area contributed by atoms with Gasteiger partial charge in [0.2, 0.25) is 11.8 Å². The van der Waals surface area contributed by atoms with E-state index >= 15 is 0 Å². The Morgan fingerprint density at radius 2 is 1.96 bits per heavy atom. The number of alkyl halides is 3. The molecule has 162 valence electrons. The van der Waals surface area contributed by atoms with E-state index in [1.165, 1.54) is 0 Å². The highest BCUT2D eigenvalue weighted by molar-refractivity contribution is 5.86. The van der Waals surface area contributed by atoms with E-state index in [9.17, 15) is 22.8 Å². The van der Waals surface area contributed by atoms with Gasteiger partial charge in [-0.25, -0.2) is 0 Å². The molecule has 28 heavy (non-hydrogen) atoms. The van der Waals surface area contributed by atoms with Crippen molar-refractivity contribution in [2.75, 3.05) is 39.3 Å². The minimum Gasteiger partial charge on any atom is -0.341 e. The molecular formula is C19H31ClF3N3O2. The third-order valence-corrected chi connectivity index (χ3v) is 6.59. The molecule has 1 N–H and O–H groups in total. The topological polar surface area (TPSA) is 52.7 Å². The standard InChI is InChI=1S/C19H30F3N3O2.ClH/c1-2-24(13-19(20,21)22)16(26)14-6-5-9-25(11-14)17(27)18-8-4-3-7-15(18)10-23-12-18;/h14-15,23H,2-13H2,1H3;1H/t14?,15-,18+;/m0./s1. The first-order chi connectivity index (χ1) is 12.8. The first kappa shape index (κ1) is 23.3. The van der Waals surface area contributed by atoms with Crippen LogP contribution in [-0.4, -0.2) is 67.1 Å². The minimum atomic E-state index is -4.40. The first-order valence-corrected chi connectivity index (χ1v) is 10.1. The summed E-state index contributed by atoms with van der Waals surface area (Å²) in [5.74, 6) is -0.562. The normalized spacial score (nSPS) is 30.4. The van der Waals surface area contributed by atoms with E-state index in [0.717, 1.165) is 37.1 Å². The zero-order chi connectivity index (χ0) is 19.7. The molecule has 0 aromatic carbocycles. The van der Waals surface area contributed by atoms with Crippen molar-refractivity contribution in [2.24, 2.45) is 17.3 Å². The number of nitrogens with zero attached hydrogens (tertiary/aromatic N) is 2. The molecule has 1 aliphatic carbocycles. The highest BCUT2D eigenvalue weighted by Crippen LogP contribution is 2.45. The molecular weight excluding hydrogens is 395 g/mol. The maximum Gasteiger partial charge on any atom is 0.406 e. The average Bonchev–Trinajstić information content (AvgIpc) is 3.09. The van der Waals surface area contributed by atoms with Crippen LogP contribution in [0.2, 0.25) is 0 Å². The maximum absolute atomic E-state index is 13.4. The summed E-state index contributed by atoms with van der Waals surface area (Å²) in [4.78, 5) is 28.7. The maximum atomic E-state index is 13.4. The molecule has 9 heteroatoms. The third-order valence-electron chi connectivity index (χ3n) is 6.59. The molecule has 0 bridgehead atoms. The van der Waals surface area contributed by atoms with E-state index in [2.05, 4.69) is 5.32 Å². The van der Waals surface area contributed by atoms with Crippen LogP contribution in [0.25, 0.3) is 0 Å². The Hall–Kier alpha value is -1.02. The second-order valence-electron chi connectivity index (χ2n) is 8.29. The van der Waals surface area contributed by atoms with Gasteiger partial charge in [-0.15, -0.1) is 12.4 Å². The fourth-order valence-corrected chi connectivity index (χ4v) is 5.17. The third kappa shape index (κ3) is 4.75. The summed E-state index contributed by atoms with van der Waals surface area (Å²) in [7, 11) is 0. The fourth-order valence-electron chi connectivity index (χ4n) is 5.17. The Morgan fingerprint density at radius 1 is 1.21 bits per heavy atom. The monoisotopic (exact) mass is 425 g/mol. The predicted molar refractivity (Wildman–Crippen MR) is 102 cm³/mol. The Morgan fingerprint density at radius 3 is 2.64 bits per heavy atom. The number of rotatable bonds is 4. The molecule has 3 fully saturated rings. The summed E-state index contributed by atoms with van der Waals surface area (Å²) in [5.41, 5.74) is -0.375. The molecule has 0 radical (unpaired) electrons. The van der Waals surface area contributed by atoms with Crippen LogP contribution in [0.3, 0.4) is 0 Å². The van der Waals surface area contributed by atoms with Gasteiger partial charge >= 0.3 is 6.18 Å². The number of fused-ring (bicyclic) bond motifs is 1. The lowest BCUT2D eigenvalue weighted by atomic mass is 9.67. The van der Waals surface area contributed by atoms with E-state index in [0.29, 0.717) is 31.8 Å². The molecule has 0 spiro atoms. The van der Waals surface area contributed by atoms with Crippen LogP contribution in [0.1, 0.15) is 45.4 Å². The van der Waals surface area contributed by atoms with Gasteiger partial charge in [0.05, 0.1) is 11.3 Å². The summed E-state index contributed by atoms with van der Waals surface area (Å²) >= 11 is 0. The van der Waals surface area contributed by atoms with Gasteiger partial charge in [-0.05, 0) is 45.1 Å². The number of amides is 2. The summed E-state index contributed by atoms with van der Waals surface area (Å²) in [6.07, 6.45) is 0.907. The number of hydrogen-bond donors (Lipinski definition) is 1. The molecule has 2 aliphatic heterocycles. The minimum absolute atomic E-state index is 0. The molecule has 3 rings (SSSR count). The van der Waals surface area contributed by atoms with Gasteiger partial charge in [0.25, 0.3) is 0 Å². The van der Waals surface area contributed by atoms with Crippen molar-refractivity contribution >= 4 is 24.2 Å². The van der Waals surface area contributed by atoms with Crippen LogP contribution >= 0.6 is 12.4 Å². The number of piperidine rings is 1. The van der Waals surface area contributed by atoms with Gasteiger partial charge in [0.15, 0.2) is 0 Å². The van der Waals surface area contributed by atoms with Crippen LogP contribution in [0.15, 0.2) is 0 Å². The second kappa shape index (κ2) is 9.20. The van der Waals surface area contributed by atoms with Crippen LogP contribution in [0, 0.1) is 17.3 Å². The number of hydrogen-bond acceptors (Lipinski definition) is 3. The molecule has 5 nitrogen and oxygen atoms in total. The van der Waals surface area contributed by atoms with E-state index in [-0.39, 0.29) is 36.8 Å². The summed E-state index contributed by atoms with van der Waals surface area (Å²) in [5, 5.41) is 3.36. The Balaban J connectivity index is 0.00000280. The molecule has 0 aromatic heterocycles. The van der Waals surface area contributed by atoms with Crippen molar-refractivity contribution in [3.63, 3.8) is 0 Å². The predicted octanol–water partition coefficient (Wildman–Crippen LogP) is 2.84. The lowest BCUT2D eigenvalue weighted by Gasteiger charge is -2.43. The largest absolute Gasteiger partial charge is 0.406 e. The molecule has 1 saturated carbocycles. The molecule has 2 heterocycles. The SMILES string of the molecule is CCN(CC(F)(F)F)C(=O)C1CCCN(C(=O)[C@@]23CCCC[C@H]2CNC3)C1.Cl. The quantitative estimate of drug-likeness (QED) is 0.753. The molecule has 1 unspecified atom stereocenters. The average molecular weight is 426 g/mol. The number of halogens is 4.